The number of aromatic nitrogens is 1. The SMILES string of the molecule is CN1CCC[C@H]1c1ccc[n+](CCN)c1. The molecule has 0 radical (unpaired) electrons. The lowest BCUT2D eigenvalue weighted by Crippen LogP contribution is -2.37. The molecule has 0 bridgehead atoms. The third-order valence-corrected chi connectivity index (χ3v) is 3.17. The predicted molar refractivity (Wildman–Crippen MR) is 60.3 cm³/mol. The lowest BCUT2D eigenvalue weighted by molar-refractivity contribution is -0.695. The molecule has 2 rings (SSSR count). The number of nitrogens with zero attached hydrogens (tertiary/aromatic N) is 2. The first-order chi connectivity index (χ1) is 7.31. The molecule has 0 aromatic carbocycles. The molecular weight excluding hydrogens is 186 g/mol. The Hall–Kier alpha value is -0.930. The van der Waals surface area contributed by atoms with Crippen LogP contribution in [0.1, 0.15) is 24.4 Å². The summed E-state index contributed by atoms with van der Waals surface area (Å²) in [6.45, 7) is 2.83. The number of likely N-dealkylation sites (tertiary alicyclic amines) is 1. The second-order valence-corrected chi connectivity index (χ2v) is 4.30. The quantitative estimate of drug-likeness (QED) is 0.739. The van der Waals surface area contributed by atoms with Crippen molar-refractivity contribution in [3.63, 3.8) is 0 Å². The Morgan fingerprint density at radius 2 is 2.47 bits per heavy atom. The highest BCUT2D eigenvalue weighted by Gasteiger charge is 2.24. The van der Waals surface area contributed by atoms with Crippen LogP contribution in [0.25, 0.3) is 0 Å². The summed E-state index contributed by atoms with van der Waals surface area (Å²) in [4.78, 5) is 2.43. The maximum atomic E-state index is 5.56. The molecule has 1 saturated heterocycles. The number of hydrogen-bond donors (Lipinski definition) is 1. The van der Waals surface area contributed by atoms with Gasteiger partial charge in [0.1, 0.15) is 0 Å². The lowest BCUT2D eigenvalue weighted by Gasteiger charge is -2.18. The first-order valence-corrected chi connectivity index (χ1v) is 5.70. The van der Waals surface area contributed by atoms with Crippen LogP contribution in [0.5, 0.6) is 0 Å². The normalized spacial score (nSPS) is 22.1. The van der Waals surface area contributed by atoms with Gasteiger partial charge in [-0.1, -0.05) is 0 Å². The summed E-state index contributed by atoms with van der Waals surface area (Å²) in [5.41, 5.74) is 6.98. The summed E-state index contributed by atoms with van der Waals surface area (Å²) in [5, 5.41) is 0. The predicted octanol–water partition coefficient (Wildman–Crippen LogP) is 0.699. The van der Waals surface area contributed by atoms with Crippen LogP contribution in [0.2, 0.25) is 0 Å². The van der Waals surface area contributed by atoms with Gasteiger partial charge in [0, 0.05) is 17.7 Å². The molecule has 0 spiro atoms. The van der Waals surface area contributed by atoms with Crippen molar-refractivity contribution < 1.29 is 4.57 Å². The van der Waals surface area contributed by atoms with Crippen LogP contribution in [0.3, 0.4) is 0 Å². The third kappa shape index (κ3) is 2.36. The van der Waals surface area contributed by atoms with Gasteiger partial charge >= 0.3 is 0 Å². The average Bonchev–Trinajstić information content (AvgIpc) is 2.65. The fourth-order valence-corrected chi connectivity index (χ4v) is 2.36. The lowest BCUT2D eigenvalue weighted by atomic mass is 10.1. The van der Waals surface area contributed by atoms with Crippen LogP contribution < -0.4 is 10.3 Å². The Labute approximate surface area is 91.5 Å². The molecule has 1 atom stereocenters. The zero-order valence-corrected chi connectivity index (χ0v) is 9.39. The van der Waals surface area contributed by atoms with E-state index in [0.717, 1.165) is 6.54 Å². The molecular formula is C12H20N3+. The van der Waals surface area contributed by atoms with Gasteiger partial charge in [0.05, 0.1) is 6.54 Å². The summed E-state index contributed by atoms with van der Waals surface area (Å²) in [6, 6.07) is 4.95. The maximum absolute atomic E-state index is 5.56. The van der Waals surface area contributed by atoms with E-state index in [1.54, 1.807) is 0 Å². The number of pyridine rings is 1. The molecule has 1 aromatic rings. The van der Waals surface area contributed by atoms with Gasteiger partial charge in [0.25, 0.3) is 0 Å². The minimum absolute atomic E-state index is 0.607. The summed E-state index contributed by atoms with van der Waals surface area (Å²) >= 11 is 0. The maximum Gasteiger partial charge on any atom is 0.173 e. The minimum atomic E-state index is 0.607. The van der Waals surface area contributed by atoms with Gasteiger partial charge < -0.3 is 5.73 Å². The van der Waals surface area contributed by atoms with Gasteiger partial charge in [0.2, 0.25) is 0 Å². The standard InChI is InChI=1S/C12H20N3/c1-14-7-3-5-12(14)11-4-2-8-15(10-11)9-6-13/h2,4,8,10,12H,3,5-7,9,13H2,1H3/q+1/t12-/m0/s1. The van der Waals surface area contributed by atoms with E-state index in [1.807, 2.05) is 0 Å². The molecule has 1 aliphatic rings. The molecule has 0 amide bonds. The van der Waals surface area contributed by atoms with Crippen molar-refractivity contribution in [1.82, 2.24) is 4.90 Å². The van der Waals surface area contributed by atoms with Crippen molar-refractivity contribution in [2.45, 2.75) is 25.4 Å². The summed E-state index contributed by atoms with van der Waals surface area (Å²) in [5.74, 6) is 0. The second kappa shape index (κ2) is 4.73. The molecule has 1 aliphatic heterocycles. The monoisotopic (exact) mass is 206 g/mol. The van der Waals surface area contributed by atoms with E-state index in [0.29, 0.717) is 12.6 Å². The van der Waals surface area contributed by atoms with Gasteiger partial charge in [-0.3, -0.25) is 4.90 Å². The molecule has 15 heavy (non-hydrogen) atoms. The average molecular weight is 206 g/mol. The molecule has 3 nitrogen and oxygen atoms in total. The Kier molecular flexibility index (Phi) is 3.34. The van der Waals surface area contributed by atoms with Crippen molar-refractivity contribution in [3.8, 4) is 0 Å². The van der Waals surface area contributed by atoms with Crippen LogP contribution >= 0.6 is 0 Å². The summed E-state index contributed by atoms with van der Waals surface area (Å²) in [6.07, 6.45) is 6.92. The Bertz CT molecular complexity index is 324. The van der Waals surface area contributed by atoms with Crippen LogP contribution in [0, 0.1) is 0 Å². The largest absolute Gasteiger partial charge is 0.325 e. The number of nitrogens with two attached hydrogens (primary N) is 1. The number of rotatable bonds is 3. The van der Waals surface area contributed by atoms with E-state index in [2.05, 4.69) is 41.0 Å². The van der Waals surface area contributed by atoms with Crippen molar-refractivity contribution >= 4 is 0 Å². The van der Waals surface area contributed by atoms with Crippen LogP contribution in [-0.2, 0) is 6.54 Å². The molecule has 3 heteroatoms. The van der Waals surface area contributed by atoms with Crippen molar-refractivity contribution in [1.29, 1.82) is 0 Å². The molecule has 2 N–H and O–H groups in total. The molecule has 2 heterocycles. The van der Waals surface area contributed by atoms with Gasteiger partial charge in [-0.15, -0.1) is 0 Å². The topological polar surface area (TPSA) is 33.1 Å². The van der Waals surface area contributed by atoms with Crippen LogP contribution in [0.15, 0.2) is 24.5 Å². The zero-order chi connectivity index (χ0) is 10.7. The van der Waals surface area contributed by atoms with Gasteiger partial charge in [-0.05, 0) is 32.5 Å². The van der Waals surface area contributed by atoms with E-state index in [4.69, 9.17) is 5.73 Å². The zero-order valence-electron chi connectivity index (χ0n) is 9.39. The van der Waals surface area contributed by atoms with E-state index in [9.17, 15) is 0 Å². The van der Waals surface area contributed by atoms with Gasteiger partial charge in [-0.2, -0.15) is 0 Å². The summed E-state index contributed by atoms with van der Waals surface area (Å²) < 4.78 is 2.18. The van der Waals surface area contributed by atoms with Gasteiger partial charge in [0.15, 0.2) is 18.9 Å². The van der Waals surface area contributed by atoms with Crippen LogP contribution in [-0.4, -0.2) is 25.0 Å². The Morgan fingerprint density at radius 3 is 3.13 bits per heavy atom. The first-order valence-electron chi connectivity index (χ1n) is 5.70. The molecule has 1 fully saturated rings. The molecule has 1 aromatic heterocycles. The van der Waals surface area contributed by atoms with Crippen molar-refractivity contribution in [3.05, 3.63) is 30.1 Å². The summed E-state index contributed by atoms with van der Waals surface area (Å²) in [7, 11) is 2.21. The van der Waals surface area contributed by atoms with E-state index in [1.165, 1.54) is 24.9 Å². The molecule has 82 valence electrons. The third-order valence-electron chi connectivity index (χ3n) is 3.17. The fraction of sp³-hybridized carbons (Fsp3) is 0.583. The molecule has 0 aliphatic carbocycles. The first kappa shape index (κ1) is 10.6. The highest BCUT2D eigenvalue weighted by atomic mass is 15.1. The fourth-order valence-electron chi connectivity index (χ4n) is 2.36. The Balaban J connectivity index is 2.16. The van der Waals surface area contributed by atoms with Gasteiger partial charge in [-0.25, -0.2) is 4.57 Å². The molecule has 0 unspecified atom stereocenters. The highest BCUT2D eigenvalue weighted by molar-refractivity contribution is 5.12. The van der Waals surface area contributed by atoms with Crippen molar-refractivity contribution in [2.24, 2.45) is 5.73 Å². The van der Waals surface area contributed by atoms with E-state index >= 15 is 0 Å². The Morgan fingerprint density at radius 1 is 1.60 bits per heavy atom. The van der Waals surface area contributed by atoms with Crippen molar-refractivity contribution in [2.75, 3.05) is 20.1 Å². The molecule has 0 saturated carbocycles. The smallest absolute Gasteiger partial charge is 0.173 e. The minimum Gasteiger partial charge on any atom is -0.325 e. The van der Waals surface area contributed by atoms with E-state index in [-0.39, 0.29) is 0 Å². The highest BCUT2D eigenvalue weighted by Crippen LogP contribution is 2.29. The van der Waals surface area contributed by atoms with E-state index < -0.39 is 0 Å². The second-order valence-electron chi connectivity index (χ2n) is 4.30. The number of hydrogen-bond acceptors (Lipinski definition) is 2. The van der Waals surface area contributed by atoms with Crippen LogP contribution in [0.4, 0.5) is 0 Å².